The number of pyridine rings is 1. The van der Waals surface area contributed by atoms with Gasteiger partial charge < -0.3 is 10.6 Å². The van der Waals surface area contributed by atoms with E-state index in [0.717, 1.165) is 50.2 Å². The van der Waals surface area contributed by atoms with Gasteiger partial charge >= 0.3 is 0 Å². The summed E-state index contributed by atoms with van der Waals surface area (Å²) in [6, 6.07) is 4.29. The largest absolute Gasteiger partial charge is 0.347 e. The zero-order valence-electron chi connectivity index (χ0n) is 20.1. The average molecular weight is 436 g/mol. The van der Waals surface area contributed by atoms with Gasteiger partial charge in [0.25, 0.3) is 0 Å². The summed E-state index contributed by atoms with van der Waals surface area (Å²) < 4.78 is 1.92. The second-order valence-corrected chi connectivity index (χ2v) is 8.82. The summed E-state index contributed by atoms with van der Waals surface area (Å²) in [6.07, 6.45) is 2.71. The Morgan fingerprint density at radius 1 is 1.03 bits per heavy atom. The van der Waals surface area contributed by atoms with E-state index < -0.39 is 0 Å². The lowest BCUT2D eigenvalue weighted by Crippen LogP contribution is -2.33. The van der Waals surface area contributed by atoms with Gasteiger partial charge in [-0.25, -0.2) is 9.67 Å². The van der Waals surface area contributed by atoms with Gasteiger partial charge in [-0.15, -0.1) is 0 Å². The maximum absolute atomic E-state index is 12.4. The summed E-state index contributed by atoms with van der Waals surface area (Å²) >= 11 is 0. The predicted molar refractivity (Wildman–Crippen MR) is 128 cm³/mol. The van der Waals surface area contributed by atoms with Crippen LogP contribution in [0, 0.1) is 34.6 Å². The first-order chi connectivity index (χ1) is 15.1. The molecule has 2 aromatic heterocycles. The molecule has 2 heterocycles. The van der Waals surface area contributed by atoms with Crippen molar-refractivity contribution in [3.05, 3.63) is 51.8 Å². The SMILES string of the molecule is Cc1cc(C)c(NC(=O)CNC(=O)CCc2c(C)nc3c(cnn3C(C)C)c2C)c(C)c1. The maximum atomic E-state index is 12.4. The zero-order chi connectivity index (χ0) is 23.6. The molecule has 2 N–H and O–H groups in total. The lowest BCUT2D eigenvalue weighted by molar-refractivity contribution is -0.124. The molecular formula is C25H33N5O2. The topological polar surface area (TPSA) is 88.9 Å². The van der Waals surface area contributed by atoms with Gasteiger partial charge in [-0.05, 0) is 77.1 Å². The molecule has 0 aliphatic rings. The highest BCUT2D eigenvalue weighted by atomic mass is 16.2. The molecular weight excluding hydrogens is 402 g/mol. The fourth-order valence-corrected chi connectivity index (χ4v) is 4.20. The number of rotatable bonds is 7. The van der Waals surface area contributed by atoms with Crippen LogP contribution in [0.15, 0.2) is 18.3 Å². The smallest absolute Gasteiger partial charge is 0.243 e. The first kappa shape index (κ1) is 23.4. The van der Waals surface area contributed by atoms with Crippen molar-refractivity contribution in [3.8, 4) is 0 Å². The molecule has 0 saturated carbocycles. The summed E-state index contributed by atoms with van der Waals surface area (Å²) in [6.45, 7) is 14.1. The second-order valence-electron chi connectivity index (χ2n) is 8.82. The van der Waals surface area contributed by atoms with Crippen molar-refractivity contribution in [3.63, 3.8) is 0 Å². The molecule has 0 saturated heterocycles. The van der Waals surface area contributed by atoms with Crippen molar-refractivity contribution in [1.82, 2.24) is 20.1 Å². The molecule has 3 rings (SSSR count). The minimum Gasteiger partial charge on any atom is -0.347 e. The minimum atomic E-state index is -0.232. The molecule has 0 atom stereocenters. The van der Waals surface area contributed by atoms with Crippen molar-refractivity contribution in [2.45, 2.75) is 67.3 Å². The number of nitrogens with one attached hydrogen (secondary N) is 2. The first-order valence-electron chi connectivity index (χ1n) is 11.1. The molecule has 3 aromatic rings. The third-order valence-corrected chi connectivity index (χ3v) is 5.81. The van der Waals surface area contributed by atoms with E-state index in [9.17, 15) is 9.59 Å². The Morgan fingerprint density at radius 3 is 2.31 bits per heavy atom. The maximum Gasteiger partial charge on any atom is 0.243 e. The number of hydrogen-bond acceptors (Lipinski definition) is 4. The van der Waals surface area contributed by atoms with E-state index in [-0.39, 0.29) is 24.4 Å². The van der Waals surface area contributed by atoms with Crippen molar-refractivity contribution >= 4 is 28.5 Å². The third-order valence-electron chi connectivity index (χ3n) is 5.81. The molecule has 0 aliphatic carbocycles. The van der Waals surface area contributed by atoms with Crippen LogP contribution >= 0.6 is 0 Å². The van der Waals surface area contributed by atoms with Gasteiger partial charge in [0.1, 0.15) is 0 Å². The minimum absolute atomic E-state index is 0.0536. The van der Waals surface area contributed by atoms with Crippen LogP contribution in [0.1, 0.15) is 59.8 Å². The quantitative estimate of drug-likeness (QED) is 0.581. The number of amides is 2. The second kappa shape index (κ2) is 9.51. The molecule has 2 amide bonds. The van der Waals surface area contributed by atoms with Crippen LogP contribution in [0.5, 0.6) is 0 Å². The average Bonchev–Trinajstić information content (AvgIpc) is 3.13. The number of carbonyl (C=O) groups excluding carboxylic acids is 2. The molecule has 170 valence electrons. The Kier molecular flexibility index (Phi) is 6.96. The fourth-order valence-electron chi connectivity index (χ4n) is 4.20. The third kappa shape index (κ3) is 4.98. The van der Waals surface area contributed by atoms with E-state index in [4.69, 9.17) is 4.98 Å². The highest BCUT2D eigenvalue weighted by molar-refractivity contribution is 5.95. The van der Waals surface area contributed by atoms with Gasteiger partial charge in [0.05, 0.1) is 12.7 Å². The molecule has 7 heteroatoms. The Bertz CT molecular complexity index is 1150. The molecule has 0 radical (unpaired) electrons. The number of benzene rings is 1. The van der Waals surface area contributed by atoms with E-state index in [0.29, 0.717) is 12.8 Å². The fraction of sp³-hybridized carbons (Fsp3) is 0.440. The Balaban J connectivity index is 1.59. The summed E-state index contributed by atoms with van der Waals surface area (Å²) in [5.41, 5.74) is 7.94. The predicted octanol–water partition coefficient (Wildman–Crippen LogP) is 4.24. The molecule has 1 aromatic carbocycles. The molecule has 0 aliphatic heterocycles. The molecule has 7 nitrogen and oxygen atoms in total. The van der Waals surface area contributed by atoms with E-state index in [1.54, 1.807) is 0 Å². The number of fused-ring (bicyclic) bond motifs is 1. The molecule has 0 bridgehead atoms. The van der Waals surface area contributed by atoms with Gasteiger partial charge in [-0.2, -0.15) is 5.10 Å². The highest BCUT2D eigenvalue weighted by Crippen LogP contribution is 2.25. The standard InChI is InChI=1S/C25H33N5O2/c1-14(2)30-25-21(12-27-30)18(6)20(19(7)28-25)8-9-22(31)26-13-23(32)29-24-16(4)10-15(3)11-17(24)5/h10-12,14H,8-9,13H2,1-7H3,(H,26,31)(H,29,32). The number of aryl methyl sites for hydroxylation is 5. The number of anilines is 1. The van der Waals surface area contributed by atoms with E-state index in [1.165, 1.54) is 0 Å². The van der Waals surface area contributed by atoms with Crippen molar-refractivity contribution in [2.24, 2.45) is 0 Å². The summed E-state index contributed by atoms with van der Waals surface area (Å²) in [7, 11) is 0. The van der Waals surface area contributed by atoms with E-state index in [2.05, 4.69) is 36.5 Å². The van der Waals surface area contributed by atoms with E-state index in [1.807, 2.05) is 50.7 Å². The summed E-state index contributed by atoms with van der Waals surface area (Å²) in [5, 5.41) is 11.1. The first-order valence-corrected chi connectivity index (χ1v) is 11.1. The molecule has 0 spiro atoms. The highest BCUT2D eigenvalue weighted by Gasteiger charge is 2.16. The molecule has 0 unspecified atom stereocenters. The van der Waals surface area contributed by atoms with Crippen LogP contribution in [0.4, 0.5) is 5.69 Å². The normalized spacial score (nSPS) is 11.2. The summed E-state index contributed by atoms with van der Waals surface area (Å²) in [5.74, 6) is -0.390. The lowest BCUT2D eigenvalue weighted by Gasteiger charge is -2.14. The van der Waals surface area contributed by atoms with Gasteiger partial charge in [0.15, 0.2) is 5.65 Å². The number of aromatic nitrogens is 3. The van der Waals surface area contributed by atoms with E-state index >= 15 is 0 Å². The van der Waals surface area contributed by atoms with Crippen LogP contribution < -0.4 is 10.6 Å². The van der Waals surface area contributed by atoms with Crippen molar-refractivity contribution in [1.29, 1.82) is 0 Å². The monoisotopic (exact) mass is 435 g/mol. The summed E-state index contributed by atoms with van der Waals surface area (Å²) in [4.78, 5) is 29.5. The van der Waals surface area contributed by atoms with Crippen molar-refractivity contribution in [2.75, 3.05) is 11.9 Å². The van der Waals surface area contributed by atoms with Gasteiger partial charge in [-0.1, -0.05) is 17.7 Å². The van der Waals surface area contributed by atoms with Crippen LogP contribution in [-0.4, -0.2) is 33.1 Å². The molecule has 32 heavy (non-hydrogen) atoms. The Hall–Kier alpha value is -3.22. The zero-order valence-corrected chi connectivity index (χ0v) is 20.1. The van der Waals surface area contributed by atoms with Gasteiger partial charge in [0.2, 0.25) is 11.8 Å². The lowest BCUT2D eigenvalue weighted by atomic mass is 10.0. The number of carbonyl (C=O) groups is 2. The van der Waals surface area contributed by atoms with Gasteiger partial charge in [0, 0.05) is 29.2 Å². The Labute approximate surface area is 189 Å². The van der Waals surface area contributed by atoms with Crippen LogP contribution in [-0.2, 0) is 16.0 Å². The molecule has 0 fully saturated rings. The van der Waals surface area contributed by atoms with Crippen LogP contribution in [0.25, 0.3) is 11.0 Å². The number of nitrogens with zero attached hydrogens (tertiary/aromatic N) is 3. The van der Waals surface area contributed by atoms with Crippen molar-refractivity contribution < 1.29 is 9.59 Å². The number of hydrogen-bond donors (Lipinski definition) is 2. The van der Waals surface area contributed by atoms with Gasteiger partial charge in [-0.3, -0.25) is 9.59 Å². The Morgan fingerprint density at radius 2 is 1.69 bits per heavy atom. The van der Waals surface area contributed by atoms with Crippen LogP contribution in [0.3, 0.4) is 0 Å². The van der Waals surface area contributed by atoms with Crippen LogP contribution in [0.2, 0.25) is 0 Å².